The highest BCUT2D eigenvalue weighted by Crippen LogP contribution is 2.43. The summed E-state index contributed by atoms with van der Waals surface area (Å²) in [7, 11) is 0. The molecule has 0 radical (unpaired) electrons. The highest BCUT2D eigenvalue weighted by molar-refractivity contribution is 5.97. The zero-order valence-electron chi connectivity index (χ0n) is 18.5. The Bertz CT molecular complexity index is 1360. The van der Waals surface area contributed by atoms with Gasteiger partial charge in [0.1, 0.15) is 23.7 Å². The quantitative estimate of drug-likeness (QED) is 0.594. The van der Waals surface area contributed by atoms with Crippen LogP contribution in [-0.4, -0.2) is 46.2 Å². The number of nitrogens with one attached hydrogen (secondary N) is 1. The maximum Gasteiger partial charge on any atom is 0.341 e. The van der Waals surface area contributed by atoms with Crippen LogP contribution in [-0.2, 0) is 4.79 Å². The Labute approximate surface area is 193 Å². The van der Waals surface area contributed by atoms with E-state index in [9.17, 15) is 19.5 Å². The van der Waals surface area contributed by atoms with Crippen LogP contribution in [0.3, 0.4) is 0 Å². The number of carbonyl (C=O) groups excluding carboxylic acids is 1. The van der Waals surface area contributed by atoms with E-state index in [1.54, 1.807) is 29.0 Å². The summed E-state index contributed by atoms with van der Waals surface area (Å²) in [5, 5.41) is 12.2. The fourth-order valence-electron chi connectivity index (χ4n) is 4.75. The molecule has 0 bridgehead atoms. The Kier molecular flexibility index (Phi) is 5.43. The average molecular weight is 466 g/mol. The third kappa shape index (κ3) is 3.74. The van der Waals surface area contributed by atoms with Gasteiger partial charge in [-0.2, -0.15) is 0 Å². The van der Waals surface area contributed by atoms with Crippen LogP contribution in [0.1, 0.15) is 36.2 Å². The van der Waals surface area contributed by atoms with Crippen molar-refractivity contribution in [2.24, 2.45) is 5.92 Å². The predicted molar refractivity (Wildman–Crippen MR) is 123 cm³/mol. The molecule has 1 aromatic carbocycles. The van der Waals surface area contributed by atoms with Crippen molar-refractivity contribution < 1.29 is 23.8 Å². The molecular weight excluding hydrogens is 443 g/mol. The monoisotopic (exact) mass is 466 g/mol. The number of carboxylic acids is 1. The summed E-state index contributed by atoms with van der Waals surface area (Å²) in [5.41, 5.74) is -0.516. The van der Waals surface area contributed by atoms with Crippen LogP contribution >= 0.6 is 0 Å². The normalized spacial score (nSPS) is 19.2. The summed E-state index contributed by atoms with van der Waals surface area (Å²) in [5.74, 6) is -1.45. The highest BCUT2D eigenvalue weighted by Gasteiger charge is 2.33. The molecular formula is C24H23FN4O5. The third-order valence-electron chi connectivity index (χ3n) is 6.38. The van der Waals surface area contributed by atoms with Gasteiger partial charge in [-0.3, -0.25) is 9.59 Å². The second-order valence-electron chi connectivity index (χ2n) is 8.74. The zero-order valence-corrected chi connectivity index (χ0v) is 18.5. The summed E-state index contributed by atoms with van der Waals surface area (Å²) in [6.07, 6.45) is 3.86. The van der Waals surface area contributed by atoms with Gasteiger partial charge in [0.15, 0.2) is 11.6 Å². The van der Waals surface area contributed by atoms with Crippen molar-refractivity contribution >= 4 is 34.3 Å². The van der Waals surface area contributed by atoms with Crippen LogP contribution in [0.4, 0.5) is 15.9 Å². The Hall–Kier alpha value is -3.95. The first-order valence-electron chi connectivity index (χ1n) is 11.1. The number of benzene rings is 1. The molecule has 2 aliphatic heterocycles. The number of hydrogen-bond acceptors (Lipinski definition) is 6. The third-order valence-corrected chi connectivity index (χ3v) is 6.38. The van der Waals surface area contributed by atoms with Gasteiger partial charge in [0.2, 0.25) is 11.3 Å². The summed E-state index contributed by atoms with van der Waals surface area (Å²) >= 11 is 0. The minimum atomic E-state index is -1.35. The van der Waals surface area contributed by atoms with Crippen molar-refractivity contribution in [2.75, 3.05) is 29.9 Å². The number of amides is 1. The lowest BCUT2D eigenvalue weighted by molar-refractivity contribution is -0.117. The number of ether oxygens (including phenoxy) is 1. The summed E-state index contributed by atoms with van der Waals surface area (Å²) < 4.78 is 22.9. The topological polar surface area (TPSA) is 114 Å². The summed E-state index contributed by atoms with van der Waals surface area (Å²) in [4.78, 5) is 42.7. The second kappa shape index (κ2) is 8.44. The lowest BCUT2D eigenvalue weighted by Crippen LogP contribution is -2.29. The van der Waals surface area contributed by atoms with Gasteiger partial charge in [-0.25, -0.2) is 14.2 Å². The molecule has 10 heteroatoms. The molecule has 2 atom stereocenters. The summed E-state index contributed by atoms with van der Waals surface area (Å²) in [6.45, 7) is 3.02. The predicted octanol–water partition coefficient (Wildman–Crippen LogP) is 3.04. The van der Waals surface area contributed by atoms with E-state index in [1.807, 2.05) is 11.8 Å². The first kappa shape index (κ1) is 21.9. The second-order valence-corrected chi connectivity index (χ2v) is 8.74. The van der Waals surface area contributed by atoms with Gasteiger partial charge in [0, 0.05) is 31.9 Å². The van der Waals surface area contributed by atoms with Gasteiger partial charge in [-0.1, -0.05) is 6.07 Å². The average Bonchev–Trinajstić information content (AvgIpc) is 3.25. The molecule has 2 aliphatic rings. The molecule has 1 saturated heterocycles. The molecule has 0 saturated carbocycles. The molecule has 1 amide bonds. The number of carbonyl (C=O) groups is 2. The van der Waals surface area contributed by atoms with Crippen LogP contribution in [0, 0.1) is 11.7 Å². The van der Waals surface area contributed by atoms with E-state index < -0.39 is 22.8 Å². The molecule has 1 fully saturated rings. The van der Waals surface area contributed by atoms with Crippen LogP contribution in [0.5, 0.6) is 5.75 Å². The van der Waals surface area contributed by atoms with E-state index >= 15 is 4.39 Å². The summed E-state index contributed by atoms with van der Waals surface area (Å²) in [6, 6.07) is 6.13. The van der Waals surface area contributed by atoms with Gasteiger partial charge >= 0.3 is 5.97 Å². The smallest absolute Gasteiger partial charge is 0.341 e. The van der Waals surface area contributed by atoms with Gasteiger partial charge in [0.25, 0.3) is 0 Å². The molecule has 34 heavy (non-hydrogen) atoms. The standard InChI is InChI=1S/C24H23FN4O5/c1-13-12-34-23-20-15(22(31)16(24(32)33)11-29(13)20)9-17(25)21(23)28-7-5-14(10-28)8-19(30)27-18-4-2-3-6-26-18/h2-4,6,9,11,13-14H,5,7-8,10,12H2,1H3,(H,32,33)(H,26,27,30)/t13-,14-/m0/s1. The van der Waals surface area contributed by atoms with Crippen LogP contribution in [0.2, 0.25) is 0 Å². The van der Waals surface area contributed by atoms with E-state index in [1.165, 1.54) is 6.20 Å². The van der Waals surface area contributed by atoms with Gasteiger partial charge in [-0.15, -0.1) is 0 Å². The minimum Gasteiger partial charge on any atom is -0.487 e. The first-order valence-corrected chi connectivity index (χ1v) is 11.1. The molecule has 0 spiro atoms. The number of aromatic carboxylic acids is 1. The Morgan fingerprint density at radius 3 is 2.91 bits per heavy atom. The molecule has 9 nitrogen and oxygen atoms in total. The number of rotatable bonds is 5. The molecule has 3 aromatic rings. The maximum atomic E-state index is 15.4. The van der Waals surface area contributed by atoms with Crippen molar-refractivity contribution in [1.29, 1.82) is 0 Å². The van der Waals surface area contributed by atoms with E-state index in [-0.39, 0.29) is 47.7 Å². The maximum absolute atomic E-state index is 15.4. The molecule has 2 N–H and O–H groups in total. The van der Waals surface area contributed by atoms with Crippen LogP contribution in [0.15, 0.2) is 41.5 Å². The Morgan fingerprint density at radius 2 is 2.18 bits per heavy atom. The molecule has 0 unspecified atom stereocenters. The number of halogens is 1. The number of aromatic nitrogens is 2. The minimum absolute atomic E-state index is 0.00472. The number of pyridine rings is 2. The van der Waals surface area contributed by atoms with E-state index in [4.69, 9.17) is 4.74 Å². The Balaban J connectivity index is 1.45. The fourth-order valence-corrected chi connectivity index (χ4v) is 4.75. The highest BCUT2D eigenvalue weighted by atomic mass is 19.1. The van der Waals surface area contributed by atoms with Crippen molar-refractivity contribution in [1.82, 2.24) is 9.55 Å². The van der Waals surface area contributed by atoms with Gasteiger partial charge in [0.05, 0.1) is 16.9 Å². The van der Waals surface area contributed by atoms with Gasteiger partial charge in [-0.05, 0) is 37.5 Å². The largest absolute Gasteiger partial charge is 0.487 e. The lowest BCUT2D eigenvalue weighted by Gasteiger charge is -2.31. The number of hydrogen-bond donors (Lipinski definition) is 2. The number of carboxylic acid groups (broad SMARTS) is 1. The van der Waals surface area contributed by atoms with E-state index in [2.05, 4.69) is 10.3 Å². The van der Waals surface area contributed by atoms with Crippen molar-refractivity contribution in [2.45, 2.75) is 25.8 Å². The van der Waals surface area contributed by atoms with Crippen LogP contribution < -0.4 is 20.4 Å². The molecule has 2 aromatic heterocycles. The lowest BCUT2D eigenvalue weighted by atomic mass is 10.0. The first-order chi connectivity index (χ1) is 16.3. The SMILES string of the molecule is C[C@H]1COc2c(N3CC[C@@H](CC(=O)Nc4ccccn4)C3)c(F)cc3c(=O)c(C(=O)O)cn1c23. The zero-order chi connectivity index (χ0) is 24.0. The molecule has 176 valence electrons. The number of nitrogens with zero attached hydrogens (tertiary/aromatic N) is 3. The van der Waals surface area contributed by atoms with E-state index in [0.717, 1.165) is 6.07 Å². The van der Waals surface area contributed by atoms with Crippen LogP contribution in [0.25, 0.3) is 10.9 Å². The fraction of sp³-hybridized carbons (Fsp3) is 0.333. The van der Waals surface area contributed by atoms with Crippen molar-refractivity contribution in [3.8, 4) is 5.75 Å². The van der Waals surface area contributed by atoms with Crippen molar-refractivity contribution in [3.63, 3.8) is 0 Å². The molecule has 4 heterocycles. The van der Waals surface area contributed by atoms with Crippen molar-refractivity contribution in [3.05, 3.63) is 58.3 Å². The number of anilines is 2. The molecule has 0 aliphatic carbocycles. The molecule has 5 rings (SSSR count). The van der Waals surface area contributed by atoms with E-state index in [0.29, 0.717) is 30.8 Å². The Morgan fingerprint density at radius 1 is 1.35 bits per heavy atom. The van der Waals surface area contributed by atoms with Gasteiger partial charge < -0.3 is 24.6 Å².